The maximum atomic E-state index is 12.5. The molecule has 0 radical (unpaired) electrons. The SMILES string of the molecule is CCOC(=O)c1cnc2cc(OCC)c(Br)cc2c1Nc1ccc(C)cc1Cl. The number of carbonyl (C=O) groups is 1. The van der Waals surface area contributed by atoms with Crippen molar-refractivity contribution in [3.05, 3.63) is 57.2 Å². The van der Waals surface area contributed by atoms with Gasteiger partial charge in [0.15, 0.2) is 0 Å². The Morgan fingerprint density at radius 3 is 2.68 bits per heavy atom. The number of carbonyl (C=O) groups excluding carboxylic acids is 1. The molecule has 0 aliphatic heterocycles. The maximum absolute atomic E-state index is 12.5. The Kier molecular flexibility index (Phi) is 6.42. The number of hydrogen-bond acceptors (Lipinski definition) is 5. The lowest BCUT2D eigenvalue weighted by Crippen LogP contribution is -2.09. The van der Waals surface area contributed by atoms with E-state index in [9.17, 15) is 4.79 Å². The molecule has 0 saturated heterocycles. The van der Waals surface area contributed by atoms with Crippen molar-refractivity contribution in [1.82, 2.24) is 4.98 Å². The predicted molar refractivity (Wildman–Crippen MR) is 116 cm³/mol. The minimum atomic E-state index is -0.451. The number of pyridine rings is 1. The molecule has 0 amide bonds. The molecule has 5 nitrogen and oxygen atoms in total. The molecule has 146 valence electrons. The summed E-state index contributed by atoms with van der Waals surface area (Å²) in [6.07, 6.45) is 1.51. The van der Waals surface area contributed by atoms with E-state index in [1.54, 1.807) is 6.92 Å². The molecule has 7 heteroatoms. The van der Waals surface area contributed by atoms with E-state index in [0.717, 1.165) is 15.4 Å². The van der Waals surface area contributed by atoms with E-state index >= 15 is 0 Å². The fourth-order valence-electron chi connectivity index (χ4n) is 2.81. The summed E-state index contributed by atoms with van der Waals surface area (Å²) in [4.78, 5) is 17.0. The molecule has 3 aromatic rings. The molecule has 1 heterocycles. The summed E-state index contributed by atoms with van der Waals surface area (Å²) in [5.74, 6) is 0.235. The molecule has 0 aliphatic rings. The van der Waals surface area contributed by atoms with Gasteiger partial charge in [-0.15, -0.1) is 0 Å². The van der Waals surface area contributed by atoms with Crippen LogP contribution in [0.15, 0.2) is 41.0 Å². The number of hydrogen-bond donors (Lipinski definition) is 1. The van der Waals surface area contributed by atoms with Crippen molar-refractivity contribution in [2.45, 2.75) is 20.8 Å². The quantitative estimate of drug-likeness (QED) is 0.436. The van der Waals surface area contributed by atoms with Gasteiger partial charge in [0.1, 0.15) is 11.3 Å². The van der Waals surface area contributed by atoms with Crippen molar-refractivity contribution in [1.29, 1.82) is 0 Å². The van der Waals surface area contributed by atoms with Gasteiger partial charge in [-0.25, -0.2) is 4.79 Å². The number of rotatable bonds is 6. The molecule has 1 N–H and O–H groups in total. The molecule has 3 rings (SSSR count). The summed E-state index contributed by atoms with van der Waals surface area (Å²) < 4.78 is 11.6. The van der Waals surface area contributed by atoms with Gasteiger partial charge in [-0.2, -0.15) is 0 Å². The largest absolute Gasteiger partial charge is 0.493 e. The second kappa shape index (κ2) is 8.80. The molecule has 2 aromatic carbocycles. The van der Waals surface area contributed by atoms with Crippen molar-refractivity contribution in [3.63, 3.8) is 0 Å². The Bertz CT molecular complexity index is 1040. The van der Waals surface area contributed by atoms with Crippen LogP contribution < -0.4 is 10.1 Å². The molecule has 0 unspecified atom stereocenters. The smallest absolute Gasteiger partial charge is 0.341 e. The maximum Gasteiger partial charge on any atom is 0.341 e. The standard InChI is InChI=1S/C21H20BrClN2O3/c1-4-27-19-10-18-13(9-15(19)22)20(14(11-24-18)21(26)28-5-2)25-17-7-6-12(3)8-16(17)23/h6-11H,4-5H2,1-3H3,(H,24,25). The molecule has 0 fully saturated rings. The number of esters is 1. The highest BCUT2D eigenvalue weighted by atomic mass is 79.9. The predicted octanol–water partition coefficient (Wildman–Crippen LogP) is 6.28. The van der Waals surface area contributed by atoms with E-state index in [2.05, 4.69) is 26.2 Å². The molecule has 1 aromatic heterocycles. The normalized spacial score (nSPS) is 10.8. The van der Waals surface area contributed by atoms with Crippen LogP contribution in [0.3, 0.4) is 0 Å². The number of aromatic nitrogens is 1. The van der Waals surface area contributed by atoms with Crippen LogP contribution in [-0.2, 0) is 4.74 Å². The van der Waals surface area contributed by atoms with Gasteiger partial charge < -0.3 is 14.8 Å². The highest BCUT2D eigenvalue weighted by molar-refractivity contribution is 9.10. The summed E-state index contributed by atoms with van der Waals surface area (Å²) in [5, 5.41) is 4.60. The summed E-state index contributed by atoms with van der Waals surface area (Å²) in [6, 6.07) is 9.40. The van der Waals surface area contributed by atoms with Crippen LogP contribution in [0.4, 0.5) is 11.4 Å². The zero-order valence-electron chi connectivity index (χ0n) is 15.8. The number of nitrogens with zero attached hydrogens (tertiary/aromatic N) is 1. The van der Waals surface area contributed by atoms with Crippen molar-refractivity contribution in [2.75, 3.05) is 18.5 Å². The highest BCUT2D eigenvalue weighted by Gasteiger charge is 2.19. The van der Waals surface area contributed by atoms with Gasteiger partial charge in [-0.1, -0.05) is 17.7 Å². The van der Waals surface area contributed by atoms with E-state index in [4.69, 9.17) is 21.1 Å². The van der Waals surface area contributed by atoms with Crippen LogP contribution in [0.25, 0.3) is 10.9 Å². The lowest BCUT2D eigenvalue weighted by Gasteiger charge is -2.16. The molecule has 0 bridgehead atoms. The molecule has 0 aliphatic carbocycles. The van der Waals surface area contributed by atoms with Crippen LogP contribution in [0.5, 0.6) is 5.75 Å². The lowest BCUT2D eigenvalue weighted by molar-refractivity contribution is 0.0527. The van der Waals surface area contributed by atoms with Crippen molar-refractivity contribution in [2.24, 2.45) is 0 Å². The van der Waals surface area contributed by atoms with E-state index in [0.29, 0.717) is 39.8 Å². The van der Waals surface area contributed by atoms with E-state index < -0.39 is 5.97 Å². The average molecular weight is 464 g/mol. The molecule has 0 spiro atoms. The van der Waals surface area contributed by atoms with Gasteiger partial charge in [0.05, 0.1) is 39.6 Å². The number of anilines is 2. The van der Waals surface area contributed by atoms with Gasteiger partial charge in [0, 0.05) is 17.6 Å². The number of halogens is 2. The van der Waals surface area contributed by atoms with Crippen molar-refractivity contribution in [3.8, 4) is 5.75 Å². The van der Waals surface area contributed by atoms with Gasteiger partial charge >= 0.3 is 5.97 Å². The van der Waals surface area contributed by atoms with Gasteiger partial charge in [0.2, 0.25) is 0 Å². The van der Waals surface area contributed by atoms with Gasteiger partial charge in [-0.3, -0.25) is 4.98 Å². The molecule has 0 atom stereocenters. The topological polar surface area (TPSA) is 60.5 Å². The number of ether oxygens (including phenoxy) is 2. The fourth-order valence-corrected chi connectivity index (χ4v) is 3.55. The number of aryl methyl sites for hydroxylation is 1. The Hall–Kier alpha value is -2.31. The first-order valence-electron chi connectivity index (χ1n) is 8.90. The van der Waals surface area contributed by atoms with Crippen LogP contribution in [0, 0.1) is 6.92 Å². The second-order valence-corrected chi connectivity index (χ2v) is 7.37. The van der Waals surface area contributed by atoms with Gasteiger partial charge in [-0.05, 0) is 60.5 Å². The average Bonchev–Trinajstić information content (AvgIpc) is 2.65. The number of nitrogens with one attached hydrogen (secondary N) is 1. The van der Waals surface area contributed by atoms with Crippen LogP contribution in [0.1, 0.15) is 29.8 Å². The van der Waals surface area contributed by atoms with Crippen LogP contribution in [0.2, 0.25) is 5.02 Å². The first kappa shape index (κ1) is 20.4. The minimum absolute atomic E-state index is 0.272. The Labute approximate surface area is 177 Å². The Balaban J connectivity index is 2.20. The molecular formula is C21H20BrClN2O3. The summed E-state index contributed by atoms with van der Waals surface area (Å²) >= 11 is 9.93. The van der Waals surface area contributed by atoms with Crippen LogP contribution >= 0.6 is 27.5 Å². The summed E-state index contributed by atoms with van der Waals surface area (Å²) in [7, 11) is 0. The van der Waals surface area contributed by atoms with E-state index in [1.807, 2.05) is 44.2 Å². The zero-order valence-corrected chi connectivity index (χ0v) is 18.1. The Morgan fingerprint density at radius 2 is 2.00 bits per heavy atom. The molecule has 0 saturated carbocycles. The summed E-state index contributed by atoms with van der Waals surface area (Å²) in [5.41, 5.74) is 3.34. The number of benzene rings is 2. The van der Waals surface area contributed by atoms with Crippen LogP contribution in [-0.4, -0.2) is 24.2 Å². The zero-order chi connectivity index (χ0) is 20.3. The number of fused-ring (bicyclic) bond motifs is 1. The third kappa shape index (κ3) is 4.23. The second-order valence-electron chi connectivity index (χ2n) is 6.11. The summed E-state index contributed by atoms with van der Waals surface area (Å²) in [6.45, 7) is 6.46. The van der Waals surface area contributed by atoms with Crippen molar-refractivity contribution >= 4 is 55.8 Å². The first-order valence-corrected chi connectivity index (χ1v) is 10.1. The van der Waals surface area contributed by atoms with E-state index in [-0.39, 0.29) is 6.61 Å². The Morgan fingerprint density at radius 1 is 1.21 bits per heavy atom. The molecule has 28 heavy (non-hydrogen) atoms. The van der Waals surface area contributed by atoms with Gasteiger partial charge in [0.25, 0.3) is 0 Å². The minimum Gasteiger partial charge on any atom is -0.493 e. The molecular weight excluding hydrogens is 444 g/mol. The monoisotopic (exact) mass is 462 g/mol. The third-order valence-corrected chi connectivity index (χ3v) is 5.03. The fraction of sp³-hybridized carbons (Fsp3) is 0.238. The third-order valence-electron chi connectivity index (χ3n) is 4.10. The lowest BCUT2D eigenvalue weighted by atomic mass is 10.1. The first-order chi connectivity index (χ1) is 13.4. The van der Waals surface area contributed by atoms with Crippen molar-refractivity contribution < 1.29 is 14.3 Å². The highest BCUT2D eigenvalue weighted by Crippen LogP contribution is 2.37. The van der Waals surface area contributed by atoms with E-state index in [1.165, 1.54) is 6.20 Å².